The van der Waals surface area contributed by atoms with Crippen molar-refractivity contribution in [3.05, 3.63) is 71.8 Å². The summed E-state index contributed by atoms with van der Waals surface area (Å²) in [6, 6.07) is 17.2. The van der Waals surface area contributed by atoms with E-state index < -0.39 is 10.0 Å². The molecule has 0 heterocycles. The van der Waals surface area contributed by atoms with Gasteiger partial charge in [0.25, 0.3) is 10.0 Å². The first kappa shape index (κ1) is 23.1. The molecule has 168 valence electrons. The third-order valence-corrected chi connectivity index (χ3v) is 6.63. The SMILES string of the molecule is COc1cc(OC)c(S(=O)(=O)N(c2ccc(C)cc2)c2ccc(C)cc2)cc1NC(C)=O. The van der Waals surface area contributed by atoms with Gasteiger partial charge < -0.3 is 14.8 Å². The van der Waals surface area contributed by atoms with Crippen LogP contribution in [0.1, 0.15) is 18.1 Å². The number of hydrogen-bond donors (Lipinski definition) is 1. The van der Waals surface area contributed by atoms with Gasteiger partial charge in [0.1, 0.15) is 16.4 Å². The quantitative estimate of drug-likeness (QED) is 0.554. The van der Waals surface area contributed by atoms with E-state index in [1.807, 2.05) is 38.1 Å². The number of sulfonamides is 1. The molecule has 3 aromatic carbocycles. The van der Waals surface area contributed by atoms with E-state index in [4.69, 9.17) is 9.47 Å². The van der Waals surface area contributed by atoms with Crippen molar-refractivity contribution >= 4 is 33.0 Å². The van der Waals surface area contributed by atoms with Gasteiger partial charge in [-0.3, -0.25) is 4.79 Å². The highest BCUT2D eigenvalue weighted by atomic mass is 32.2. The van der Waals surface area contributed by atoms with Crippen LogP contribution < -0.4 is 19.1 Å². The predicted molar refractivity (Wildman–Crippen MR) is 126 cm³/mol. The summed E-state index contributed by atoms with van der Waals surface area (Å²) < 4.78 is 40.0. The molecule has 0 spiro atoms. The summed E-state index contributed by atoms with van der Waals surface area (Å²) in [7, 11) is -1.34. The van der Waals surface area contributed by atoms with Crippen LogP contribution >= 0.6 is 0 Å². The highest BCUT2D eigenvalue weighted by Crippen LogP contribution is 2.40. The third kappa shape index (κ3) is 4.70. The zero-order chi connectivity index (χ0) is 23.5. The Balaban J connectivity index is 2.27. The van der Waals surface area contributed by atoms with Crippen LogP contribution in [0.3, 0.4) is 0 Å². The van der Waals surface area contributed by atoms with E-state index in [0.717, 1.165) is 11.1 Å². The first-order chi connectivity index (χ1) is 15.2. The number of carbonyl (C=O) groups is 1. The standard InChI is InChI=1S/C24H26N2O5S/c1-16-6-10-19(11-7-16)26(20-12-8-17(2)9-13-20)32(28,29)24-14-21(25-18(3)27)22(30-4)15-23(24)31-5/h6-15H,1-5H3,(H,25,27). The van der Waals surface area contributed by atoms with Gasteiger partial charge in [-0.15, -0.1) is 0 Å². The molecule has 0 aliphatic carbocycles. The number of nitrogens with zero attached hydrogens (tertiary/aromatic N) is 1. The second-order valence-electron chi connectivity index (χ2n) is 7.33. The van der Waals surface area contributed by atoms with Gasteiger partial charge >= 0.3 is 0 Å². The maximum atomic E-state index is 14.0. The summed E-state index contributed by atoms with van der Waals surface area (Å²) in [6.45, 7) is 5.20. The Morgan fingerprint density at radius 3 is 1.69 bits per heavy atom. The van der Waals surface area contributed by atoms with Crippen molar-refractivity contribution in [3.8, 4) is 11.5 Å². The van der Waals surface area contributed by atoms with Crippen LogP contribution in [-0.2, 0) is 14.8 Å². The molecular weight excluding hydrogens is 428 g/mol. The average Bonchev–Trinajstić information content (AvgIpc) is 2.76. The van der Waals surface area contributed by atoms with Crippen LogP contribution in [0.2, 0.25) is 0 Å². The van der Waals surface area contributed by atoms with E-state index in [9.17, 15) is 13.2 Å². The molecule has 0 aromatic heterocycles. The zero-order valence-corrected chi connectivity index (χ0v) is 19.5. The Labute approximate surface area is 188 Å². The van der Waals surface area contributed by atoms with Crippen LogP contribution in [-0.4, -0.2) is 28.5 Å². The normalized spacial score (nSPS) is 11.0. The van der Waals surface area contributed by atoms with Gasteiger partial charge in [0, 0.05) is 13.0 Å². The van der Waals surface area contributed by atoms with E-state index in [1.165, 1.54) is 37.6 Å². The van der Waals surface area contributed by atoms with Crippen LogP contribution in [0.25, 0.3) is 0 Å². The second kappa shape index (κ2) is 9.32. The number of rotatable bonds is 7. The molecule has 3 rings (SSSR count). The van der Waals surface area contributed by atoms with Crippen molar-refractivity contribution in [2.24, 2.45) is 0 Å². The number of benzene rings is 3. The Hall–Kier alpha value is -3.52. The maximum absolute atomic E-state index is 14.0. The summed E-state index contributed by atoms with van der Waals surface area (Å²) in [5.41, 5.74) is 3.18. The molecule has 32 heavy (non-hydrogen) atoms. The van der Waals surface area contributed by atoms with Crippen LogP contribution in [0.5, 0.6) is 11.5 Å². The number of amides is 1. The van der Waals surface area contributed by atoms with Gasteiger partial charge in [0.15, 0.2) is 0 Å². The monoisotopic (exact) mass is 454 g/mol. The third-order valence-electron chi connectivity index (χ3n) is 4.85. The summed E-state index contributed by atoms with van der Waals surface area (Å²) >= 11 is 0. The molecule has 0 unspecified atom stereocenters. The van der Waals surface area contributed by atoms with Crippen LogP contribution in [0.15, 0.2) is 65.6 Å². The summed E-state index contributed by atoms with van der Waals surface area (Å²) in [5, 5.41) is 2.62. The molecule has 8 heteroatoms. The van der Waals surface area contributed by atoms with Crippen molar-refractivity contribution < 1.29 is 22.7 Å². The molecule has 0 saturated heterocycles. The number of nitrogens with one attached hydrogen (secondary N) is 1. The molecule has 1 amide bonds. The fourth-order valence-electron chi connectivity index (χ4n) is 3.24. The summed E-state index contributed by atoms with van der Waals surface area (Å²) in [6.07, 6.45) is 0. The number of aryl methyl sites for hydroxylation is 2. The van der Waals surface area contributed by atoms with Gasteiger partial charge in [-0.2, -0.15) is 0 Å². The van der Waals surface area contributed by atoms with Crippen LogP contribution in [0.4, 0.5) is 17.1 Å². The van der Waals surface area contributed by atoms with Crippen molar-refractivity contribution in [1.29, 1.82) is 0 Å². The van der Waals surface area contributed by atoms with Crippen LogP contribution in [0, 0.1) is 13.8 Å². The first-order valence-corrected chi connectivity index (χ1v) is 11.3. The highest BCUT2D eigenvalue weighted by Gasteiger charge is 2.31. The highest BCUT2D eigenvalue weighted by molar-refractivity contribution is 7.93. The Morgan fingerprint density at radius 2 is 1.28 bits per heavy atom. The van der Waals surface area contributed by atoms with Gasteiger partial charge in [0.2, 0.25) is 5.91 Å². The second-order valence-corrected chi connectivity index (χ2v) is 9.08. The number of hydrogen-bond acceptors (Lipinski definition) is 5. The average molecular weight is 455 g/mol. The minimum Gasteiger partial charge on any atom is -0.495 e. The first-order valence-electron chi connectivity index (χ1n) is 9.89. The summed E-state index contributed by atoms with van der Waals surface area (Å²) in [4.78, 5) is 11.6. The molecule has 0 aliphatic heterocycles. The van der Waals surface area contributed by atoms with E-state index in [1.54, 1.807) is 24.3 Å². The zero-order valence-electron chi connectivity index (χ0n) is 18.7. The number of ether oxygens (including phenoxy) is 2. The lowest BCUT2D eigenvalue weighted by molar-refractivity contribution is -0.114. The Morgan fingerprint density at radius 1 is 0.812 bits per heavy atom. The largest absolute Gasteiger partial charge is 0.495 e. The van der Waals surface area contributed by atoms with Crippen molar-refractivity contribution in [3.63, 3.8) is 0 Å². The fraction of sp³-hybridized carbons (Fsp3) is 0.208. The predicted octanol–water partition coefficient (Wildman–Crippen LogP) is 4.81. The number of carbonyl (C=O) groups excluding carboxylic acids is 1. The minimum absolute atomic E-state index is 0.0974. The summed E-state index contributed by atoms with van der Waals surface area (Å²) in [5.74, 6) is 0.0270. The molecule has 0 fully saturated rings. The number of anilines is 3. The van der Waals surface area contributed by atoms with E-state index in [-0.39, 0.29) is 28.0 Å². The molecule has 0 radical (unpaired) electrons. The number of methoxy groups -OCH3 is 2. The molecule has 1 N–H and O–H groups in total. The molecule has 0 bridgehead atoms. The van der Waals surface area contributed by atoms with Crippen molar-refractivity contribution in [2.75, 3.05) is 23.8 Å². The Kier molecular flexibility index (Phi) is 6.74. The topological polar surface area (TPSA) is 84.9 Å². The molecule has 3 aromatic rings. The van der Waals surface area contributed by atoms with E-state index >= 15 is 0 Å². The Bertz CT molecular complexity index is 1170. The van der Waals surface area contributed by atoms with Gasteiger partial charge in [-0.1, -0.05) is 35.4 Å². The van der Waals surface area contributed by atoms with Gasteiger partial charge in [0.05, 0.1) is 31.3 Å². The fourth-order valence-corrected chi connectivity index (χ4v) is 4.90. The smallest absolute Gasteiger partial charge is 0.272 e. The molecule has 0 saturated carbocycles. The maximum Gasteiger partial charge on any atom is 0.272 e. The van der Waals surface area contributed by atoms with Gasteiger partial charge in [-0.25, -0.2) is 12.7 Å². The molecular formula is C24H26N2O5S. The minimum atomic E-state index is -4.16. The van der Waals surface area contributed by atoms with Crippen molar-refractivity contribution in [1.82, 2.24) is 0 Å². The lowest BCUT2D eigenvalue weighted by atomic mass is 10.2. The van der Waals surface area contributed by atoms with Gasteiger partial charge in [-0.05, 0) is 44.2 Å². The molecule has 7 nitrogen and oxygen atoms in total. The van der Waals surface area contributed by atoms with E-state index in [2.05, 4.69) is 5.32 Å². The lowest BCUT2D eigenvalue weighted by Gasteiger charge is -2.26. The lowest BCUT2D eigenvalue weighted by Crippen LogP contribution is -2.27. The van der Waals surface area contributed by atoms with E-state index in [0.29, 0.717) is 11.4 Å². The molecule has 0 atom stereocenters. The van der Waals surface area contributed by atoms with Crippen molar-refractivity contribution in [2.45, 2.75) is 25.7 Å². The molecule has 0 aliphatic rings.